The number of methoxy groups -OCH3 is 1. The molecule has 0 saturated heterocycles. The van der Waals surface area contributed by atoms with E-state index in [9.17, 15) is 0 Å². The molecule has 0 bridgehead atoms. The SMILES string of the molecule is COc1ccnc(CNC2CC(N)C2)c1. The van der Waals surface area contributed by atoms with Gasteiger partial charge in [-0.1, -0.05) is 0 Å². The lowest BCUT2D eigenvalue weighted by atomic mass is 9.88. The highest BCUT2D eigenvalue weighted by atomic mass is 16.5. The van der Waals surface area contributed by atoms with Crippen LogP contribution in [0.15, 0.2) is 18.3 Å². The molecule has 1 saturated carbocycles. The second-order valence-electron chi connectivity index (χ2n) is 4.00. The molecule has 2 rings (SSSR count). The third-order valence-corrected chi connectivity index (χ3v) is 2.77. The van der Waals surface area contributed by atoms with E-state index in [1.165, 1.54) is 0 Å². The van der Waals surface area contributed by atoms with E-state index in [0.717, 1.165) is 30.8 Å². The number of pyridine rings is 1. The van der Waals surface area contributed by atoms with Crippen molar-refractivity contribution in [1.82, 2.24) is 10.3 Å². The minimum absolute atomic E-state index is 0.390. The van der Waals surface area contributed by atoms with Crippen molar-refractivity contribution in [3.63, 3.8) is 0 Å². The van der Waals surface area contributed by atoms with Gasteiger partial charge in [-0.05, 0) is 18.9 Å². The summed E-state index contributed by atoms with van der Waals surface area (Å²) in [6.07, 6.45) is 3.91. The molecular weight excluding hydrogens is 190 g/mol. The van der Waals surface area contributed by atoms with Crippen molar-refractivity contribution in [2.45, 2.75) is 31.5 Å². The Labute approximate surface area is 89.8 Å². The number of nitrogens with zero attached hydrogens (tertiary/aromatic N) is 1. The first-order chi connectivity index (χ1) is 7.28. The molecule has 0 spiro atoms. The van der Waals surface area contributed by atoms with Gasteiger partial charge in [-0.25, -0.2) is 0 Å². The lowest BCUT2D eigenvalue weighted by Gasteiger charge is -2.33. The Morgan fingerprint density at radius 1 is 1.60 bits per heavy atom. The first-order valence-electron chi connectivity index (χ1n) is 5.26. The van der Waals surface area contributed by atoms with Gasteiger partial charge >= 0.3 is 0 Å². The van der Waals surface area contributed by atoms with Gasteiger partial charge in [-0.3, -0.25) is 4.98 Å². The number of hydrogen-bond acceptors (Lipinski definition) is 4. The van der Waals surface area contributed by atoms with Crippen LogP contribution >= 0.6 is 0 Å². The second kappa shape index (κ2) is 4.59. The van der Waals surface area contributed by atoms with Crippen molar-refractivity contribution in [3.8, 4) is 5.75 Å². The highest BCUT2D eigenvalue weighted by molar-refractivity contribution is 5.22. The molecule has 1 aliphatic carbocycles. The van der Waals surface area contributed by atoms with Gasteiger partial charge in [0.05, 0.1) is 12.8 Å². The lowest BCUT2D eigenvalue weighted by Crippen LogP contribution is -2.48. The van der Waals surface area contributed by atoms with Gasteiger partial charge in [0.25, 0.3) is 0 Å². The molecular formula is C11H17N3O. The molecule has 82 valence electrons. The van der Waals surface area contributed by atoms with Crippen LogP contribution in [0.1, 0.15) is 18.5 Å². The quantitative estimate of drug-likeness (QED) is 0.762. The normalized spacial score (nSPS) is 24.7. The summed E-state index contributed by atoms with van der Waals surface area (Å²) in [6.45, 7) is 0.786. The van der Waals surface area contributed by atoms with Crippen LogP contribution in [0.2, 0.25) is 0 Å². The molecule has 1 aromatic rings. The summed E-state index contributed by atoms with van der Waals surface area (Å²) >= 11 is 0. The molecule has 0 unspecified atom stereocenters. The van der Waals surface area contributed by atoms with E-state index in [2.05, 4.69) is 10.3 Å². The molecule has 0 aliphatic heterocycles. The van der Waals surface area contributed by atoms with E-state index in [1.807, 2.05) is 12.1 Å². The fourth-order valence-corrected chi connectivity index (χ4v) is 1.76. The maximum atomic E-state index is 5.71. The summed E-state index contributed by atoms with van der Waals surface area (Å²) in [7, 11) is 1.66. The number of ether oxygens (including phenoxy) is 1. The Morgan fingerprint density at radius 3 is 3.07 bits per heavy atom. The topological polar surface area (TPSA) is 60.2 Å². The average molecular weight is 207 g/mol. The predicted molar refractivity (Wildman–Crippen MR) is 58.6 cm³/mol. The third kappa shape index (κ3) is 2.67. The van der Waals surface area contributed by atoms with Crippen LogP contribution in [0.5, 0.6) is 5.75 Å². The number of hydrogen-bond donors (Lipinski definition) is 2. The standard InChI is InChI=1S/C11H17N3O/c1-15-11-2-3-13-10(6-11)7-14-9-4-8(12)5-9/h2-3,6,8-9,14H,4-5,7,12H2,1H3. The smallest absolute Gasteiger partial charge is 0.122 e. The fourth-order valence-electron chi connectivity index (χ4n) is 1.76. The summed E-state index contributed by atoms with van der Waals surface area (Å²) in [6, 6.07) is 4.75. The first-order valence-corrected chi connectivity index (χ1v) is 5.26. The third-order valence-electron chi connectivity index (χ3n) is 2.77. The highest BCUT2D eigenvalue weighted by Crippen LogP contribution is 2.18. The maximum absolute atomic E-state index is 5.71. The predicted octanol–water partition coefficient (Wildman–Crippen LogP) is 0.670. The maximum Gasteiger partial charge on any atom is 0.122 e. The molecule has 0 aromatic carbocycles. The Balaban J connectivity index is 1.82. The van der Waals surface area contributed by atoms with Gasteiger partial charge in [-0.15, -0.1) is 0 Å². The average Bonchev–Trinajstić information content (AvgIpc) is 2.23. The number of aromatic nitrogens is 1. The van der Waals surface area contributed by atoms with Crippen molar-refractivity contribution in [1.29, 1.82) is 0 Å². The zero-order valence-electron chi connectivity index (χ0n) is 8.94. The van der Waals surface area contributed by atoms with Crippen LogP contribution in [-0.4, -0.2) is 24.2 Å². The van der Waals surface area contributed by atoms with E-state index in [-0.39, 0.29) is 0 Å². The van der Waals surface area contributed by atoms with Crippen LogP contribution in [-0.2, 0) is 6.54 Å². The monoisotopic (exact) mass is 207 g/mol. The molecule has 1 fully saturated rings. The van der Waals surface area contributed by atoms with E-state index in [0.29, 0.717) is 12.1 Å². The molecule has 15 heavy (non-hydrogen) atoms. The number of nitrogens with one attached hydrogen (secondary N) is 1. The van der Waals surface area contributed by atoms with Gasteiger partial charge in [0.2, 0.25) is 0 Å². The van der Waals surface area contributed by atoms with Gasteiger partial charge in [-0.2, -0.15) is 0 Å². The summed E-state index contributed by atoms with van der Waals surface area (Å²) in [5.41, 5.74) is 6.72. The molecule has 1 aliphatic rings. The summed E-state index contributed by atoms with van der Waals surface area (Å²) in [5, 5.41) is 3.42. The molecule has 4 heteroatoms. The van der Waals surface area contributed by atoms with Crippen molar-refractivity contribution < 1.29 is 4.74 Å². The van der Waals surface area contributed by atoms with Crippen molar-refractivity contribution in [3.05, 3.63) is 24.0 Å². The minimum atomic E-state index is 0.390. The molecule has 0 atom stereocenters. The van der Waals surface area contributed by atoms with Crippen LogP contribution in [0, 0.1) is 0 Å². The van der Waals surface area contributed by atoms with E-state index >= 15 is 0 Å². The number of nitrogens with two attached hydrogens (primary N) is 1. The molecule has 3 N–H and O–H groups in total. The summed E-state index contributed by atoms with van der Waals surface area (Å²) < 4.78 is 5.13. The Hall–Kier alpha value is -1.13. The molecule has 1 heterocycles. The summed E-state index contributed by atoms with van der Waals surface area (Å²) in [5.74, 6) is 0.854. The van der Waals surface area contributed by atoms with Crippen LogP contribution in [0.25, 0.3) is 0 Å². The van der Waals surface area contributed by atoms with Crippen LogP contribution in [0.4, 0.5) is 0 Å². The van der Waals surface area contributed by atoms with Crippen molar-refractivity contribution in [2.24, 2.45) is 5.73 Å². The summed E-state index contributed by atoms with van der Waals surface area (Å²) in [4.78, 5) is 4.26. The minimum Gasteiger partial charge on any atom is -0.497 e. The van der Waals surface area contributed by atoms with Gasteiger partial charge in [0, 0.05) is 30.9 Å². The van der Waals surface area contributed by atoms with E-state index in [1.54, 1.807) is 13.3 Å². The Morgan fingerprint density at radius 2 is 2.40 bits per heavy atom. The van der Waals surface area contributed by atoms with E-state index in [4.69, 9.17) is 10.5 Å². The number of rotatable bonds is 4. The van der Waals surface area contributed by atoms with E-state index < -0.39 is 0 Å². The molecule has 0 amide bonds. The van der Waals surface area contributed by atoms with Crippen molar-refractivity contribution in [2.75, 3.05) is 7.11 Å². The lowest BCUT2D eigenvalue weighted by molar-refractivity contribution is 0.289. The zero-order chi connectivity index (χ0) is 10.7. The van der Waals surface area contributed by atoms with Gasteiger partial charge < -0.3 is 15.8 Å². The molecule has 0 radical (unpaired) electrons. The zero-order valence-corrected chi connectivity index (χ0v) is 8.94. The Kier molecular flexibility index (Phi) is 3.18. The van der Waals surface area contributed by atoms with Crippen LogP contribution < -0.4 is 15.8 Å². The second-order valence-corrected chi connectivity index (χ2v) is 4.00. The Bertz CT molecular complexity index is 323. The molecule has 4 nitrogen and oxygen atoms in total. The fraction of sp³-hybridized carbons (Fsp3) is 0.545. The van der Waals surface area contributed by atoms with Gasteiger partial charge in [0.1, 0.15) is 5.75 Å². The highest BCUT2D eigenvalue weighted by Gasteiger charge is 2.24. The van der Waals surface area contributed by atoms with Crippen molar-refractivity contribution >= 4 is 0 Å². The van der Waals surface area contributed by atoms with Crippen LogP contribution in [0.3, 0.4) is 0 Å². The largest absolute Gasteiger partial charge is 0.497 e. The first kappa shape index (κ1) is 10.4. The van der Waals surface area contributed by atoms with Gasteiger partial charge in [0.15, 0.2) is 0 Å². The molecule has 1 aromatic heterocycles.